The lowest BCUT2D eigenvalue weighted by Crippen LogP contribution is -2.47. The number of halogens is 3. The SMILES string of the molecule is C[C@@H]1CCCCO[C@@H](CN(C)Cc2ccc(C(F)(F)F)cc2)[C@@H](C)CN([C@H](C)CO)C(=O)c2cc(N(C)C)ccc2O1. The monoisotopic (exact) mass is 593 g/mol. The van der Waals surface area contributed by atoms with Gasteiger partial charge in [-0.2, -0.15) is 13.2 Å². The number of carbonyl (C=O) groups excluding carboxylic acids is 1. The molecule has 7 nitrogen and oxygen atoms in total. The highest BCUT2D eigenvalue weighted by atomic mass is 19.4. The van der Waals surface area contributed by atoms with Crippen LogP contribution in [0.15, 0.2) is 42.5 Å². The van der Waals surface area contributed by atoms with Crippen molar-refractivity contribution >= 4 is 11.6 Å². The van der Waals surface area contributed by atoms with Gasteiger partial charge in [0.2, 0.25) is 0 Å². The number of aliphatic hydroxyl groups excluding tert-OH is 1. The maximum absolute atomic E-state index is 14.1. The Morgan fingerprint density at radius 1 is 1.07 bits per heavy atom. The minimum absolute atomic E-state index is 0.0960. The number of anilines is 1. The normalized spacial score (nSPS) is 21.8. The predicted octanol–water partition coefficient (Wildman–Crippen LogP) is 5.70. The van der Waals surface area contributed by atoms with Crippen LogP contribution in [0.5, 0.6) is 5.75 Å². The summed E-state index contributed by atoms with van der Waals surface area (Å²) in [4.78, 5) is 19.7. The number of ether oxygens (including phenoxy) is 2. The highest BCUT2D eigenvalue weighted by Crippen LogP contribution is 2.30. The van der Waals surface area contributed by atoms with E-state index < -0.39 is 17.8 Å². The van der Waals surface area contributed by atoms with Crippen molar-refractivity contribution in [3.63, 3.8) is 0 Å². The maximum atomic E-state index is 14.1. The van der Waals surface area contributed by atoms with Crippen molar-refractivity contribution < 1.29 is 32.5 Å². The number of aliphatic hydroxyl groups is 1. The van der Waals surface area contributed by atoms with Crippen molar-refractivity contribution in [1.29, 1.82) is 0 Å². The minimum Gasteiger partial charge on any atom is -0.490 e. The Balaban J connectivity index is 1.86. The summed E-state index contributed by atoms with van der Waals surface area (Å²) >= 11 is 0. The predicted molar refractivity (Wildman–Crippen MR) is 159 cm³/mol. The number of fused-ring (bicyclic) bond motifs is 1. The lowest BCUT2D eigenvalue weighted by molar-refractivity contribution is -0.137. The standard InChI is InChI=1S/C32H46F3N3O4/c1-22-18-38(23(2)21-39)31(40)28-17-27(36(4)5)14-15-29(28)42-24(3)9-7-8-16-41-30(22)20-37(6)19-25-10-12-26(13-11-25)32(33,34)35/h10-15,17,22-24,30,39H,7-9,16,18-21H2,1-6H3/t22-,23+,24+,30-/m0/s1. The van der Waals surface area contributed by atoms with Crippen LogP contribution in [0.3, 0.4) is 0 Å². The highest BCUT2D eigenvalue weighted by Gasteiger charge is 2.31. The Bertz CT molecular complexity index is 1140. The van der Waals surface area contributed by atoms with Crippen LogP contribution in [0.4, 0.5) is 18.9 Å². The van der Waals surface area contributed by atoms with Gasteiger partial charge in [0, 0.05) is 51.9 Å². The van der Waals surface area contributed by atoms with Gasteiger partial charge in [0.05, 0.1) is 36.0 Å². The zero-order chi connectivity index (χ0) is 31.0. The van der Waals surface area contributed by atoms with E-state index in [1.54, 1.807) is 4.90 Å². The van der Waals surface area contributed by atoms with E-state index in [9.17, 15) is 23.1 Å². The molecule has 4 atom stereocenters. The van der Waals surface area contributed by atoms with E-state index in [-0.39, 0.29) is 30.6 Å². The molecule has 0 fully saturated rings. The van der Waals surface area contributed by atoms with Crippen LogP contribution in [-0.4, -0.2) is 86.5 Å². The van der Waals surface area contributed by atoms with Gasteiger partial charge in [0.1, 0.15) is 5.75 Å². The summed E-state index contributed by atoms with van der Waals surface area (Å²) in [6, 6.07) is 10.4. The molecule has 2 aromatic rings. The van der Waals surface area contributed by atoms with Gasteiger partial charge >= 0.3 is 6.18 Å². The topological polar surface area (TPSA) is 65.5 Å². The summed E-state index contributed by atoms with van der Waals surface area (Å²) < 4.78 is 51.6. The zero-order valence-corrected chi connectivity index (χ0v) is 25.7. The number of hydrogen-bond donors (Lipinski definition) is 1. The van der Waals surface area contributed by atoms with Gasteiger partial charge in [-0.3, -0.25) is 9.69 Å². The summed E-state index contributed by atoms with van der Waals surface area (Å²) in [6.45, 7) is 7.52. The van der Waals surface area contributed by atoms with Gasteiger partial charge in [0.15, 0.2) is 0 Å². The molecule has 0 saturated carbocycles. The lowest BCUT2D eigenvalue weighted by atomic mass is 10.0. The molecule has 0 spiro atoms. The number of rotatable bonds is 7. The van der Waals surface area contributed by atoms with E-state index in [0.717, 1.165) is 42.6 Å². The first kappa shape index (κ1) is 33.7. The van der Waals surface area contributed by atoms with E-state index >= 15 is 0 Å². The lowest BCUT2D eigenvalue weighted by Gasteiger charge is -2.36. The molecule has 234 valence electrons. The average Bonchev–Trinajstić information content (AvgIpc) is 2.93. The molecule has 0 bridgehead atoms. The van der Waals surface area contributed by atoms with Gasteiger partial charge in [-0.05, 0) is 76.1 Å². The molecule has 0 aromatic heterocycles. The van der Waals surface area contributed by atoms with Crippen LogP contribution >= 0.6 is 0 Å². The molecule has 0 unspecified atom stereocenters. The Morgan fingerprint density at radius 2 is 1.76 bits per heavy atom. The Morgan fingerprint density at radius 3 is 2.38 bits per heavy atom. The molecule has 1 aliphatic heterocycles. The van der Waals surface area contributed by atoms with Crippen molar-refractivity contribution in [2.24, 2.45) is 5.92 Å². The van der Waals surface area contributed by atoms with Crippen LogP contribution < -0.4 is 9.64 Å². The number of benzene rings is 2. The Hall–Kier alpha value is -2.82. The van der Waals surface area contributed by atoms with Gasteiger partial charge in [-0.15, -0.1) is 0 Å². The van der Waals surface area contributed by atoms with E-state index in [1.807, 2.05) is 69.9 Å². The highest BCUT2D eigenvalue weighted by molar-refractivity contribution is 5.98. The second kappa shape index (κ2) is 15.1. The van der Waals surface area contributed by atoms with E-state index in [0.29, 0.717) is 37.6 Å². The summed E-state index contributed by atoms with van der Waals surface area (Å²) in [5.74, 6) is 0.214. The first-order valence-electron chi connectivity index (χ1n) is 14.7. The van der Waals surface area contributed by atoms with Crippen molar-refractivity contribution in [2.75, 3.05) is 52.3 Å². The number of likely N-dealkylation sites (N-methyl/N-ethyl adjacent to an activating group) is 1. The largest absolute Gasteiger partial charge is 0.490 e. The van der Waals surface area contributed by atoms with Crippen LogP contribution in [0.25, 0.3) is 0 Å². The Kier molecular flexibility index (Phi) is 12.1. The molecule has 0 aliphatic carbocycles. The quantitative estimate of drug-likeness (QED) is 0.445. The molecule has 3 rings (SSSR count). The smallest absolute Gasteiger partial charge is 0.416 e. The fourth-order valence-corrected chi connectivity index (χ4v) is 5.13. The first-order chi connectivity index (χ1) is 19.8. The number of amides is 1. The van der Waals surface area contributed by atoms with Crippen molar-refractivity contribution in [3.05, 3.63) is 59.2 Å². The number of hydrogen-bond acceptors (Lipinski definition) is 6. The summed E-state index contributed by atoms with van der Waals surface area (Å²) in [7, 11) is 5.74. The molecule has 10 heteroatoms. The molecule has 2 aromatic carbocycles. The average molecular weight is 594 g/mol. The van der Waals surface area contributed by atoms with E-state index in [2.05, 4.69) is 0 Å². The molecule has 1 N–H and O–H groups in total. The number of alkyl halides is 3. The van der Waals surface area contributed by atoms with Crippen molar-refractivity contribution in [1.82, 2.24) is 9.80 Å². The van der Waals surface area contributed by atoms with Gasteiger partial charge in [-0.1, -0.05) is 19.1 Å². The molecule has 0 saturated heterocycles. The zero-order valence-electron chi connectivity index (χ0n) is 25.7. The Labute approximate surface area is 248 Å². The fourth-order valence-electron chi connectivity index (χ4n) is 5.13. The maximum Gasteiger partial charge on any atom is 0.416 e. The fraction of sp³-hybridized carbons (Fsp3) is 0.594. The minimum atomic E-state index is -4.37. The van der Waals surface area contributed by atoms with Gasteiger partial charge < -0.3 is 24.4 Å². The van der Waals surface area contributed by atoms with Gasteiger partial charge in [-0.25, -0.2) is 0 Å². The second-order valence-electron chi connectivity index (χ2n) is 11.8. The third-order valence-corrected chi connectivity index (χ3v) is 7.78. The molecule has 1 heterocycles. The molecular weight excluding hydrogens is 547 g/mol. The summed E-state index contributed by atoms with van der Waals surface area (Å²) in [5.41, 5.74) is 1.43. The number of carbonyl (C=O) groups is 1. The van der Waals surface area contributed by atoms with Crippen LogP contribution in [0.1, 0.15) is 61.5 Å². The number of nitrogens with zero attached hydrogens (tertiary/aromatic N) is 3. The third kappa shape index (κ3) is 9.34. The van der Waals surface area contributed by atoms with Gasteiger partial charge in [0.25, 0.3) is 5.91 Å². The molecule has 42 heavy (non-hydrogen) atoms. The van der Waals surface area contributed by atoms with Crippen molar-refractivity contribution in [2.45, 2.75) is 71.0 Å². The summed E-state index contributed by atoms with van der Waals surface area (Å²) in [6.07, 6.45) is -2.16. The van der Waals surface area contributed by atoms with Crippen molar-refractivity contribution in [3.8, 4) is 5.75 Å². The molecule has 0 radical (unpaired) electrons. The molecular formula is C32H46F3N3O4. The van der Waals surface area contributed by atoms with E-state index in [1.165, 1.54) is 12.1 Å². The summed E-state index contributed by atoms with van der Waals surface area (Å²) in [5, 5.41) is 10.1. The molecule has 1 amide bonds. The third-order valence-electron chi connectivity index (χ3n) is 7.78. The van der Waals surface area contributed by atoms with Crippen LogP contribution in [0, 0.1) is 5.92 Å². The van der Waals surface area contributed by atoms with Crippen LogP contribution in [-0.2, 0) is 17.5 Å². The first-order valence-corrected chi connectivity index (χ1v) is 14.7. The van der Waals surface area contributed by atoms with E-state index in [4.69, 9.17) is 9.47 Å². The van der Waals surface area contributed by atoms with Crippen LogP contribution in [0.2, 0.25) is 0 Å². The molecule has 1 aliphatic rings. The second-order valence-corrected chi connectivity index (χ2v) is 11.8.